The average Bonchev–Trinajstić information content (AvgIpc) is 3.06. The quantitative estimate of drug-likeness (QED) is 0.699. The van der Waals surface area contributed by atoms with E-state index in [0.29, 0.717) is 17.0 Å². The second-order valence-corrected chi connectivity index (χ2v) is 5.51. The van der Waals surface area contributed by atoms with Gasteiger partial charge in [0.15, 0.2) is 6.10 Å². The van der Waals surface area contributed by atoms with E-state index < -0.39 is 18.0 Å². The molecule has 1 aromatic heterocycles. The molecule has 0 spiro atoms. The van der Waals surface area contributed by atoms with E-state index in [9.17, 15) is 9.59 Å². The standard InChI is InChI=1S/C19H18N2O4/c1-12(18(22)21-13-7-9-14(24-2)10-8-13)25-19(23)16-11-20-17-6-4-3-5-15(16)17/h3-12,20H,1-2H3,(H,21,22)/t12-/m0/s1. The zero-order chi connectivity index (χ0) is 17.8. The van der Waals surface area contributed by atoms with Crippen molar-refractivity contribution in [3.8, 4) is 5.75 Å². The molecule has 0 fully saturated rings. The van der Waals surface area contributed by atoms with Crippen molar-refractivity contribution in [3.05, 3.63) is 60.3 Å². The summed E-state index contributed by atoms with van der Waals surface area (Å²) in [6.07, 6.45) is 0.657. The first-order chi connectivity index (χ1) is 12.1. The Morgan fingerprint density at radius 1 is 1.08 bits per heavy atom. The monoisotopic (exact) mass is 338 g/mol. The number of para-hydroxylation sites is 1. The smallest absolute Gasteiger partial charge is 0.341 e. The van der Waals surface area contributed by atoms with Gasteiger partial charge in [0.05, 0.1) is 12.7 Å². The molecule has 2 aromatic carbocycles. The van der Waals surface area contributed by atoms with Crippen molar-refractivity contribution < 1.29 is 19.1 Å². The summed E-state index contributed by atoms with van der Waals surface area (Å²) in [6.45, 7) is 1.53. The lowest BCUT2D eigenvalue weighted by molar-refractivity contribution is -0.123. The largest absolute Gasteiger partial charge is 0.497 e. The molecule has 1 amide bonds. The summed E-state index contributed by atoms with van der Waals surface area (Å²) in [7, 11) is 1.57. The summed E-state index contributed by atoms with van der Waals surface area (Å²) < 4.78 is 10.4. The van der Waals surface area contributed by atoms with Gasteiger partial charge in [0.25, 0.3) is 5.91 Å². The predicted octanol–water partition coefficient (Wildman–Crippen LogP) is 3.36. The van der Waals surface area contributed by atoms with Crippen LogP contribution in [0.4, 0.5) is 5.69 Å². The van der Waals surface area contributed by atoms with Crippen LogP contribution in [0.5, 0.6) is 5.75 Å². The van der Waals surface area contributed by atoms with E-state index in [2.05, 4.69) is 10.3 Å². The third-order valence-corrected chi connectivity index (χ3v) is 3.82. The van der Waals surface area contributed by atoms with E-state index in [0.717, 1.165) is 10.9 Å². The van der Waals surface area contributed by atoms with Crippen LogP contribution < -0.4 is 10.1 Å². The number of methoxy groups -OCH3 is 1. The van der Waals surface area contributed by atoms with Crippen LogP contribution in [0.2, 0.25) is 0 Å². The van der Waals surface area contributed by atoms with Gasteiger partial charge in [-0.15, -0.1) is 0 Å². The zero-order valence-electron chi connectivity index (χ0n) is 13.9. The molecule has 128 valence electrons. The number of nitrogens with one attached hydrogen (secondary N) is 2. The van der Waals surface area contributed by atoms with Crippen LogP contribution in [-0.2, 0) is 9.53 Å². The maximum absolute atomic E-state index is 12.3. The molecule has 1 atom stereocenters. The van der Waals surface area contributed by atoms with Crippen molar-refractivity contribution in [3.63, 3.8) is 0 Å². The lowest BCUT2D eigenvalue weighted by Gasteiger charge is -2.13. The molecule has 0 radical (unpaired) electrons. The van der Waals surface area contributed by atoms with Crippen LogP contribution in [0, 0.1) is 0 Å². The molecule has 0 aliphatic rings. The minimum atomic E-state index is -0.928. The predicted molar refractivity (Wildman–Crippen MR) is 94.8 cm³/mol. The maximum Gasteiger partial charge on any atom is 0.341 e. The number of fused-ring (bicyclic) bond motifs is 1. The number of H-pyrrole nitrogens is 1. The van der Waals surface area contributed by atoms with Crippen molar-refractivity contribution >= 4 is 28.5 Å². The van der Waals surface area contributed by atoms with Gasteiger partial charge in [-0.25, -0.2) is 4.79 Å². The Balaban J connectivity index is 1.65. The molecule has 0 aliphatic carbocycles. The molecule has 6 heteroatoms. The number of aromatic amines is 1. The van der Waals surface area contributed by atoms with Gasteiger partial charge < -0.3 is 19.8 Å². The molecular weight excluding hydrogens is 320 g/mol. The minimum Gasteiger partial charge on any atom is -0.497 e. The topological polar surface area (TPSA) is 80.4 Å². The van der Waals surface area contributed by atoms with E-state index in [1.807, 2.05) is 24.3 Å². The number of hydrogen-bond acceptors (Lipinski definition) is 4. The van der Waals surface area contributed by atoms with E-state index in [4.69, 9.17) is 9.47 Å². The average molecular weight is 338 g/mol. The van der Waals surface area contributed by atoms with Gasteiger partial charge >= 0.3 is 5.97 Å². The SMILES string of the molecule is COc1ccc(NC(=O)[C@H](C)OC(=O)c2c[nH]c3ccccc23)cc1. The molecule has 3 rings (SSSR count). The van der Waals surface area contributed by atoms with Gasteiger partial charge in [0.2, 0.25) is 0 Å². The third kappa shape index (κ3) is 3.63. The minimum absolute atomic E-state index is 0.402. The normalized spacial score (nSPS) is 11.8. The molecule has 0 bridgehead atoms. The van der Waals surface area contributed by atoms with E-state index in [1.54, 1.807) is 37.6 Å². The molecule has 0 unspecified atom stereocenters. The van der Waals surface area contributed by atoms with Crippen LogP contribution in [0.1, 0.15) is 17.3 Å². The number of ether oxygens (including phenoxy) is 2. The summed E-state index contributed by atoms with van der Waals surface area (Å²) in [4.78, 5) is 27.5. The molecular formula is C19H18N2O4. The van der Waals surface area contributed by atoms with Gasteiger partial charge in [-0.05, 0) is 37.3 Å². The number of amides is 1. The number of aromatic nitrogens is 1. The first-order valence-electron chi connectivity index (χ1n) is 7.80. The van der Waals surface area contributed by atoms with Crippen molar-refractivity contribution in [2.75, 3.05) is 12.4 Å². The van der Waals surface area contributed by atoms with Crippen molar-refractivity contribution in [2.45, 2.75) is 13.0 Å². The lowest BCUT2D eigenvalue weighted by atomic mass is 10.2. The number of carbonyl (C=O) groups is 2. The summed E-state index contributed by atoms with van der Waals surface area (Å²) >= 11 is 0. The highest BCUT2D eigenvalue weighted by Crippen LogP contribution is 2.19. The number of hydrogen-bond donors (Lipinski definition) is 2. The summed E-state index contributed by atoms with van der Waals surface area (Å²) in [5.74, 6) is -0.259. The Morgan fingerprint density at radius 2 is 1.80 bits per heavy atom. The Morgan fingerprint density at radius 3 is 2.52 bits per heavy atom. The van der Waals surface area contributed by atoms with Crippen LogP contribution in [0.15, 0.2) is 54.7 Å². The highest BCUT2D eigenvalue weighted by atomic mass is 16.5. The Hall–Kier alpha value is -3.28. The highest BCUT2D eigenvalue weighted by molar-refractivity contribution is 6.05. The van der Waals surface area contributed by atoms with Gasteiger partial charge in [-0.1, -0.05) is 18.2 Å². The lowest BCUT2D eigenvalue weighted by Crippen LogP contribution is -2.29. The van der Waals surface area contributed by atoms with E-state index >= 15 is 0 Å². The summed E-state index contributed by atoms with van der Waals surface area (Å²) in [5.41, 5.74) is 1.84. The number of anilines is 1. The third-order valence-electron chi connectivity index (χ3n) is 3.82. The number of benzene rings is 2. The van der Waals surface area contributed by atoms with Gasteiger partial charge in [0, 0.05) is 22.8 Å². The molecule has 6 nitrogen and oxygen atoms in total. The molecule has 0 saturated heterocycles. The Bertz CT molecular complexity index is 899. The van der Waals surface area contributed by atoms with Crippen molar-refractivity contribution in [1.82, 2.24) is 4.98 Å². The number of rotatable bonds is 5. The van der Waals surface area contributed by atoms with Gasteiger partial charge in [0.1, 0.15) is 5.75 Å². The van der Waals surface area contributed by atoms with Crippen LogP contribution in [-0.4, -0.2) is 30.1 Å². The van der Waals surface area contributed by atoms with Crippen molar-refractivity contribution in [1.29, 1.82) is 0 Å². The van der Waals surface area contributed by atoms with Crippen LogP contribution in [0.3, 0.4) is 0 Å². The molecule has 0 aliphatic heterocycles. The molecule has 3 aromatic rings. The fraction of sp³-hybridized carbons (Fsp3) is 0.158. The summed E-state index contributed by atoms with van der Waals surface area (Å²) in [5, 5.41) is 3.46. The van der Waals surface area contributed by atoms with Crippen LogP contribution in [0.25, 0.3) is 10.9 Å². The maximum atomic E-state index is 12.3. The fourth-order valence-corrected chi connectivity index (χ4v) is 2.44. The van der Waals surface area contributed by atoms with Crippen LogP contribution >= 0.6 is 0 Å². The molecule has 2 N–H and O–H groups in total. The van der Waals surface area contributed by atoms with Gasteiger partial charge in [-0.3, -0.25) is 4.79 Å². The van der Waals surface area contributed by atoms with E-state index in [1.165, 1.54) is 6.92 Å². The van der Waals surface area contributed by atoms with Gasteiger partial charge in [-0.2, -0.15) is 0 Å². The fourth-order valence-electron chi connectivity index (χ4n) is 2.44. The zero-order valence-corrected chi connectivity index (χ0v) is 13.9. The highest BCUT2D eigenvalue weighted by Gasteiger charge is 2.21. The second-order valence-electron chi connectivity index (χ2n) is 5.51. The Labute approximate surface area is 144 Å². The van der Waals surface area contributed by atoms with E-state index in [-0.39, 0.29) is 0 Å². The molecule has 1 heterocycles. The molecule has 25 heavy (non-hydrogen) atoms. The Kier molecular flexibility index (Phi) is 4.70. The number of carbonyl (C=O) groups excluding carboxylic acids is 2. The molecule has 0 saturated carbocycles. The van der Waals surface area contributed by atoms with Crippen molar-refractivity contribution in [2.24, 2.45) is 0 Å². The number of esters is 1. The first kappa shape index (κ1) is 16.6. The first-order valence-corrected chi connectivity index (χ1v) is 7.80. The second kappa shape index (κ2) is 7.09. The summed E-state index contributed by atoms with van der Waals surface area (Å²) in [6, 6.07) is 14.3.